The molecule has 0 bridgehead atoms. The van der Waals surface area contributed by atoms with Gasteiger partial charge in [-0.3, -0.25) is 4.98 Å². The Hall–Kier alpha value is -0.190. The van der Waals surface area contributed by atoms with E-state index in [9.17, 15) is 4.39 Å². The predicted octanol–water partition coefficient (Wildman–Crippen LogP) is 4.55. The highest BCUT2D eigenvalue weighted by Gasteiger charge is 2.11. The van der Waals surface area contributed by atoms with Crippen LogP contribution in [0.25, 0.3) is 10.9 Å². The van der Waals surface area contributed by atoms with Crippen LogP contribution in [0, 0.1) is 5.82 Å². The molecule has 5 heteroatoms. The first-order valence-corrected chi connectivity index (χ1v) is 5.65. The molecule has 0 radical (unpaired) electrons. The summed E-state index contributed by atoms with van der Waals surface area (Å²) in [6.45, 7) is 0. The van der Waals surface area contributed by atoms with Crippen molar-refractivity contribution < 1.29 is 4.39 Å². The van der Waals surface area contributed by atoms with Gasteiger partial charge in [-0.05, 0) is 28.1 Å². The Kier molecular flexibility index (Phi) is 2.77. The van der Waals surface area contributed by atoms with Gasteiger partial charge >= 0.3 is 0 Å². The Balaban J connectivity index is 3.01. The largest absolute Gasteiger partial charge is 0.251 e. The van der Waals surface area contributed by atoms with Crippen molar-refractivity contribution in [1.29, 1.82) is 0 Å². The van der Waals surface area contributed by atoms with Crippen LogP contribution >= 0.6 is 43.5 Å². The molecule has 2 aromatic rings. The molecule has 2 rings (SSSR count). The summed E-state index contributed by atoms with van der Waals surface area (Å²) in [7, 11) is 0. The van der Waals surface area contributed by atoms with Crippen LogP contribution < -0.4 is 0 Å². The van der Waals surface area contributed by atoms with Gasteiger partial charge in [0.25, 0.3) is 0 Å². The van der Waals surface area contributed by atoms with Crippen molar-refractivity contribution in [2.45, 2.75) is 0 Å². The highest BCUT2D eigenvalue weighted by atomic mass is 79.9. The monoisotopic (exact) mass is 337 g/mol. The quantitative estimate of drug-likeness (QED) is 0.686. The van der Waals surface area contributed by atoms with Crippen LogP contribution in [0.4, 0.5) is 4.39 Å². The van der Waals surface area contributed by atoms with Crippen molar-refractivity contribution in [3.05, 3.63) is 38.1 Å². The van der Waals surface area contributed by atoms with E-state index in [0.717, 1.165) is 4.47 Å². The molecule has 0 unspecified atom stereocenters. The summed E-state index contributed by atoms with van der Waals surface area (Å²) in [4.78, 5) is 3.94. The van der Waals surface area contributed by atoms with Crippen molar-refractivity contribution in [3.63, 3.8) is 0 Å². The van der Waals surface area contributed by atoms with Crippen LogP contribution in [0.5, 0.6) is 0 Å². The van der Waals surface area contributed by atoms with Gasteiger partial charge in [-0.1, -0.05) is 27.5 Å². The van der Waals surface area contributed by atoms with Gasteiger partial charge in [0, 0.05) is 20.5 Å². The van der Waals surface area contributed by atoms with Crippen molar-refractivity contribution >= 4 is 54.4 Å². The topological polar surface area (TPSA) is 12.9 Å². The fourth-order valence-corrected chi connectivity index (χ4v) is 2.60. The Morgan fingerprint density at radius 1 is 1.29 bits per heavy atom. The molecule has 0 amide bonds. The molecule has 0 spiro atoms. The Morgan fingerprint density at radius 3 is 2.71 bits per heavy atom. The summed E-state index contributed by atoms with van der Waals surface area (Å²) < 4.78 is 14.7. The van der Waals surface area contributed by atoms with Gasteiger partial charge in [0.05, 0.1) is 5.02 Å². The molecule has 0 N–H and O–H groups in total. The lowest BCUT2D eigenvalue weighted by Gasteiger charge is -2.04. The van der Waals surface area contributed by atoms with Crippen LogP contribution in [-0.4, -0.2) is 4.98 Å². The van der Waals surface area contributed by atoms with Gasteiger partial charge in [-0.25, -0.2) is 4.39 Å². The molecular weight excluding hydrogens is 336 g/mol. The van der Waals surface area contributed by atoms with E-state index in [1.807, 2.05) is 0 Å². The van der Waals surface area contributed by atoms with Gasteiger partial charge in [0.15, 0.2) is 0 Å². The summed E-state index contributed by atoms with van der Waals surface area (Å²) in [5.41, 5.74) is 0.302. The minimum atomic E-state index is -0.361. The molecule has 14 heavy (non-hydrogen) atoms. The highest BCUT2D eigenvalue weighted by Crippen LogP contribution is 2.35. The van der Waals surface area contributed by atoms with Crippen LogP contribution in [0.15, 0.2) is 27.3 Å². The number of fused-ring (bicyclic) bond motifs is 1. The van der Waals surface area contributed by atoms with E-state index in [4.69, 9.17) is 11.6 Å². The maximum absolute atomic E-state index is 13.3. The lowest BCUT2D eigenvalue weighted by Crippen LogP contribution is -1.87. The van der Waals surface area contributed by atoms with E-state index >= 15 is 0 Å². The summed E-state index contributed by atoms with van der Waals surface area (Å²) in [5.74, 6) is -0.361. The molecule has 72 valence electrons. The SMILES string of the molecule is Fc1ccc(Br)c2c(Br)c(Cl)cnc12. The van der Waals surface area contributed by atoms with E-state index in [2.05, 4.69) is 36.8 Å². The zero-order valence-electron chi connectivity index (χ0n) is 6.69. The first kappa shape index (κ1) is 10.3. The van der Waals surface area contributed by atoms with Gasteiger partial charge in [0.2, 0.25) is 0 Å². The predicted molar refractivity (Wildman–Crippen MR) is 62.1 cm³/mol. The molecule has 1 aromatic carbocycles. The average molecular weight is 339 g/mol. The lowest BCUT2D eigenvalue weighted by atomic mass is 10.2. The zero-order chi connectivity index (χ0) is 10.3. The van der Waals surface area contributed by atoms with E-state index in [-0.39, 0.29) is 5.82 Å². The van der Waals surface area contributed by atoms with Crippen LogP contribution in [0.2, 0.25) is 5.02 Å². The standard InChI is InChI=1S/C9H3Br2ClFN/c10-4-1-2-6(13)9-7(4)8(11)5(12)3-14-9/h1-3H. The fourth-order valence-electron chi connectivity index (χ4n) is 1.17. The third kappa shape index (κ3) is 1.55. The summed E-state index contributed by atoms with van der Waals surface area (Å²) in [5, 5.41) is 1.11. The van der Waals surface area contributed by atoms with Gasteiger partial charge in [-0.15, -0.1) is 0 Å². The zero-order valence-corrected chi connectivity index (χ0v) is 10.6. The molecular formula is C9H3Br2ClFN. The lowest BCUT2D eigenvalue weighted by molar-refractivity contribution is 0.636. The summed E-state index contributed by atoms with van der Waals surface area (Å²) >= 11 is 12.5. The normalized spacial score (nSPS) is 10.9. The Morgan fingerprint density at radius 2 is 2.00 bits per heavy atom. The Labute approximate surface area is 102 Å². The number of benzene rings is 1. The number of rotatable bonds is 0. The van der Waals surface area contributed by atoms with E-state index < -0.39 is 0 Å². The van der Waals surface area contributed by atoms with Gasteiger partial charge < -0.3 is 0 Å². The smallest absolute Gasteiger partial charge is 0.149 e. The second-order valence-electron chi connectivity index (χ2n) is 2.67. The molecule has 0 fully saturated rings. The minimum absolute atomic E-state index is 0.302. The van der Waals surface area contributed by atoms with Crippen LogP contribution in [0.3, 0.4) is 0 Å². The van der Waals surface area contributed by atoms with E-state index in [1.165, 1.54) is 12.3 Å². The number of hydrogen-bond donors (Lipinski definition) is 0. The molecule has 0 saturated carbocycles. The number of aromatic nitrogens is 1. The molecule has 0 atom stereocenters. The van der Waals surface area contributed by atoms with E-state index in [0.29, 0.717) is 20.4 Å². The van der Waals surface area contributed by atoms with Gasteiger partial charge in [-0.2, -0.15) is 0 Å². The molecule has 0 aliphatic heterocycles. The van der Waals surface area contributed by atoms with Crippen LogP contribution in [-0.2, 0) is 0 Å². The minimum Gasteiger partial charge on any atom is -0.251 e. The first-order valence-electron chi connectivity index (χ1n) is 3.69. The maximum Gasteiger partial charge on any atom is 0.149 e. The Bertz CT molecular complexity index is 516. The van der Waals surface area contributed by atoms with Crippen molar-refractivity contribution in [2.75, 3.05) is 0 Å². The third-order valence-electron chi connectivity index (χ3n) is 1.81. The molecule has 1 aromatic heterocycles. The van der Waals surface area contributed by atoms with Crippen LogP contribution in [0.1, 0.15) is 0 Å². The highest BCUT2D eigenvalue weighted by molar-refractivity contribution is 9.11. The number of pyridine rings is 1. The molecule has 0 aliphatic carbocycles. The number of nitrogens with zero attached hydrogens (tertiary/aromatic N) is 1. The summed E-state index contributed by atoms with van der Waals surface area (Å²) in [6, 6.07) is 2.99. The fraction of sp³-hybridized carbons (Fsp3) is 0. The molecule has 1 heterocycles. The number of halogens is 4. The van der Waals surface area contributed by atoms with E-state index in [1.54, 1.807) is 6.07 Å². The molecule has 0 aliphatic rings. The average Bonchev–Trinajstić information content (AvgIpc) is 2.16. The maximum atomic E-state index is 13.3. The second kappa shape index (κ2) is 3.76. The van der Waals surface area contributed by atoms with Crippen molar-refractivity contribution in [1.82, 2.24) is 4.98 Å². The van der Waals surface area contributed by atoms with Crippen molar-refractivity contribution in [2.24, 2.45) is 0 Å². The molecule has 0 saturated heterocycles. The molecule has 1 nitrogen and oxygen atoms in total. The second-order valence-corrected chi connectivity index (χ2v) is 4.73. The third-order valence-corrected chi connectivity index (χ3v) is 3.81. The number of hydrogen-bond acceptors (Lipinski definition) is 1. The van der Waals surface area contributed by atoms with Gasteiger partial charge in [0.1, 0.15) is 11.3 Å². The van der Waals surface area contributed by atoms with Crippen molar-refractivity contribution in [3.8, 4) is 0 Å². The first-order chi connectivity index (χ1) is 6.61. The summed E-state index contributed by atoms with van der Waals surface area (Å²) in [6.07, 6.45) is 1.42.